The maximum absolute atomic E-state index is 5.67. The lowest BCUT2D eigenvalue weighted by molar-refractivity contribution is 1.34. The molecule has 0 unspecified atom stereocenters. The molecule has 0 saturated carbocycles. The number of aromatic amines is 1. The molecule has 0 atom stereocenters. The van der Waals surface area contributed by atoms with Crippen molar-refractivity contribution < 1.29 is 0 Å². The van der Waals surface area contributed by atoms with E-state index < -0.39 is 0 Å². The number of para-hydroxylation sites is 1. The first-order valence-electron chi connectivity index (χ1n) is 6.54. The molecule has 4 rings (SSSR count). The van der Waals surface area contributed by atoms with Crippen molar-refractivity contribution in [3.05, 3.63) is 60.8 Å². The molecule has 0 aliphatic heterocycles. The predicted octanol–water partition coefficient (Wildman–Crippen LogP) is 3.97. The fraction of sp³-hybridized carbons (Fsp3) is 0. The van der Waals surface area contributed by atoms with Crippen LogP contribution in [-0.2, 0) is 0 Å². The maximum Gasteiger partial charge on any atom is 0.123 e. The highest BCUT2D eigenvalue weighted by Crippen LogP contribution is 2.34. The molecule has 2 heterocycles. The van der Waals surface area contributed by atoms with Crippen LogP contribution in [0, 0.1) is 0 Å². The SMILES string of the molecule is Nc1ccc(-c2cccc3[nH]c4ccccc4c23)cn1. The molecule has 3 nitrogen and oxygen atoms in total. The molecular formula is C17H13N3. The molecule has 3 heteroatoms. The topological polar surface area (TPSA) is 54.7 Å². The summed E-state index contributed by atoms with van der Waals surface area (Å²) in [5.74, 6) is 0.542. The third-order valence-corrected chi connectivity index (χ3v) is 3.63. The summed E-state index contributed by atoms with van der Waals surface area (Å²) in [7, 11) is 0. The molecule has 20 heavy (non-hydrogen) atoms. The van der Waals surface area contributed by atoms with Gasteiger partial charge in [-0.05, 0) is 29.8 Å². The molecule has 96 valence electrons. The molecule has 2 aromatic carbocycles. The van der Waals surface area contributed by atoms with Gasteiger partial charge in [0.15, 0.2) is 0 Å². The standard InChI is InChI=1S/C17H13N3/c18-16-9-8-11(10-19-16)12-5-3-7-15-17(12)13-4-1-2-6-14(13)20-15/h1-10,20H,(H2,18,19). The van der Waals surface area contributed by atoms with E-state index in [9.17, 15) is 0 Å². The van der Waals surface area contributed by atoms with Gasteiger partial charge in [0.1, 0.15) is 5.82 Å². The third kappa shape index (κ3) is 1.57. The van der Waals surface area contributed by atoms with Crippen molar-refractivity contribution in [3.8, 4) is 11.1 Å². The molecular weight excluding hydrogens is 246 g/mol. The summed E-state index contributed by atoms with van der Waals surface area (Å²) in [6.45, 7) is 0. The highest BCUT2D eigenvalue weighted by molar-refractivity contribution is 6.14. The lowest BCUT2D eigenvalue weighted by Gasteiger charge is -2.04. The van der Waals surface area contributed by atoms with Crippen molar-refractivity contribution in [2.45, 2.75) is 0 Å². The summed E-state index contributed by atoms with van der Waals surface area (Å²) < 4.78 is 0. The second-order valence-electron chi connectivity index (χ2n) is 4.87. The average Bonchev–Trinajstić information content (AvgIpc) is 2.86. The Hall–Kier alpha value is -2.81. The van der Waals surface area contributed by atoms with Crippen LogP contribution in [0.15, 0.2) is 60.8 Å². The molecule has 0 bridgehead atoms. The van der Waals surface area contributed by atoms with Crippen LogP contribution >= 0.6 is 0 Å². The van der Waals surface area contributed by atoms with Gasteiger partial charge in [0, 0.05) is 33.6 Å². The number of hydrogen-bond donors (Lipinski definition) is 2. The molecule has 0 spiro atoms. The fourth-order valence-electron chi connectivity index (χ4n) is 2.71. The van der Waals surface area contributed by atoms with Crippen molar-refractivity contribution in [2.75, 3.05) is 5.73 Å². The van der Waals surface area contributed by atoms with Gasteiger partial charge in [0.05, 0.1) is 0 Å². The number of nitrogens with one attached hydrogen (secondary N) is 1. The van der Waals surface area contributed by atoms with E-state index in [0.29, 0.717) is 5.82 Å². The average molecular weight is 259 g/mol. The van der Waals surface area contributed by atoms with Gasteiger partial charge in [-0.3, -0.25) is 0 Å². The molecule has 0 aliphatic rings. The maximum atomic E-state index is 5.67. The van der Waals surface area contributed by atoms with Crippen LogP contribution in [0.25, 0.3) is 32.9 Å². The Balaban J connectivity index is 2.11. The number of benzene rings is 2. The van der Waals surface area contributed by atoms with Crippen LogP contribution < -0.4 is 5.73 Å². The Kier molecular flexibility index (Phi) is 2.27. The normalized spacial score (nSPS) is 11.2. The molecule has 0 amide bonds. The summed E-state index contributed by atoms with van der Waals surface area (Å²) >= 11 is 0. The molecule has 0 fully saturated rings. The number of hydrogen-bond acceptors (Lipinski definition) is 2. The number of pyridine rings is 1. The highest BCUT2D eigenvalue weighted by Gasteiger charge is 2.09. The van der Waals surface area contributed by atoms with Gasteiger partial charge in [0.25, 0.3) is 0 Å². The first-order chi connectivity index (χ1) is 9.83. The smallest absolute Gasteiger partial charge is 0.123 e. The summed E-state index contributed by atoms with van der Waals surface area (Å²) in [5, 5.41) is 2.46. The second-order valence-corrected chi connectivity index (χ2v) is 4.87. The monoisotopic (exact) mass is 259 g/mol. The predicted molar refractivity (Wildman–Crippen MR) is 83.4 cm³/mol. The Bertz CT molecular complexity index is 904. The lowest BCUT2D eigenvalue weighted by Crippen LogP contribution is -1.89. The zero-order valence-electron chi connectivity index (χ0n) is 10.8. The summed E-state index contributed by atoms with van der Waals surface area (Å²) in [5.41, 5.74) is 10.2. The van der Waals surface area contributed by atoms with Gasteiger partial charge in [-0.15, -0.1) is 0 Å². The van der Waals surface area contributed by atoms with Crippen LogP contribution in [-0.4, -0.2) is 9.97 Å². The highest BCUT2D eigenvalue weighted by atomic mass is 14.8. The molecule has 2 aromatic heterocycles. The van der Waals surface area contributed by atoms with E-state index in [4.69, 9.17) is 5.73 Å². The van der Waals surface area contributed by atoms with Crippen LogP contribution in [0.2, 0.25) is 0 Å². The number of nitrogen functional groups attached to an aromatic ring is 1. The quantitative estimate of drug-likeness (QED) is 0.543. The van der Waals surface area contributed by atoms with Crippen molar-refractivity contribution in [1.29, 1.82) is 0 Å². The third-order valence-electron chi connectivity index (χ3n) is 3.63. The van der Waals surface area contributed by atoms with Crippen molar-refractivity contribution in [3.63, 3.8) is 0 Å². The fourth-order valence-corrected chi connectivity index (χ4v) is 2.71. The second kappa shape index (κ2) is 4.10. The number of rotatable bonds is 1. The number of fused-ring (bicyclic) bond motifs is 3. The number of aromatic nitrogens is 2. The van der Waals surface area contributed by atoms with Crippen molar-refractivity contribution in [2.24, 2.45) is 0 Å². The zero-order valence-corrected chi connectivity index (χ0v) is 10.8. The summed E-state index contributed by atoms with van der Waals surface area (Å²) in [4.78, 5) is 7.65. The minimum Gasteiger partial charge on any atom is -0.384 e. The Morgan fingerprint density at radius 2 is 1.70 bits per heavy atom. The van der Waals surface area contributed by atoms with Gasteiger partial charge in [-0.1, -0.05) is 30.3 Å². The number of anilines is 1. The lowest BCUT2D eigenvalue weighted by atomic mass is 10.0. The Morgan fingerprint density at radius 3 is 2.55 bits per heavy atom. The minimum atomic E-state index is 0.542. The molecule has 0 aliphatic carbocycles. The van der Waals surface area contributed by atoms with E-state index in [0.717, 1.165) is 16.6 Å². The number of nitrogens with zero attached hydrogens (tertiary/aromatic N) is 1. The van der Waals surface area contributed by atoms with E-state index >= 15 is 0 Å². The number of nitrogens with two attached hydrogens (primary N) is 1. The summed E-state index contributed by atoms with van der Waals surface area (Å²) in [6, 6.07) is 18.5. The van der Waals surface area contributed by atoms with Gasteiger partial charge < -0.3 is 10.7 Å². The number of H-pyrrole nitrogens is 1. The van der Waals surface area contributed by atoms with Gasteiger partial charge in [-0.25, -0.2) is 4.98 Å². The molecule has 4 aromatic rings. The van der Waals surface area contributed by atoms with Crippen LogP contribution in [0.5, 0.6) is 0 Å². The summed E-state index contributed by atoms with van der Waals surface area (Å²) in [6.07, 6.45) is 1.83. The Morgan fingerprint density at radius 1 is 0.850 bits per heavy atom. The minimum absolute atomic E-state index is 0.542. The van der Waals surface area contributed by atoms with Crippen LogP contribution in [0.4, 0.5) is 5.82 Å². The van der Waals surface area contributed by atoms with E-state index in [-0.39, 0.29) is 0 Å². The van der Waals surface area contributed by atoms with E-state index in [1.807, 2.05) is 24.4 Å². The van der Waals surface area contributed by atoms with E-state index in [1.54, 1.807) is 0 Å². The molecule has 3 N–H and O–H groups in total. The van der Waals surface area contributed by atoms with Gasteiger partial charge in [0.2, 0.25) is 0 Å². The molecule has 0 radical (unpaired) electrons. The first kappa shape index (κ1) is 11.1. The van der Waals surface area contributed by atoms with Crippen LogP contribution in [0.3, 0.4) is 0 Å². The molecule has 0 saturated heterocycles. The van der Waals surface area contributed by atoms with E-state index in [1.165, 1.54) is 16.3 Å². The van der Waals surface area contributed by atoms with Crippen molar-refractivity contribution in [1.82, 2.24) is 9.97 Å². The van der Waals surface area contributed by atoms with Crippen molar-refractivity contribution >= 4 is 27.6 Å². The van der Waals surface area contributed by atoms with Crippen LogP contribution in [0.1, 0.15) is 0 Å². The van der Waals surface area contributed by atoms with Gasteiger partial charge in [-0.2, -0.15) is 0 Å². The largest absolute Gasteiger partial charge is 0.384 e. The van der Waals surface area contributed by atoms with E-state index in [2.05, 4.69) is 46.4 Å². The van der Waals surface area contributed by atoms with Gasteiger partial charge >= 0.3 is 0 Å². The first-order valence-corrected chi connectivity index (χ1v) is 6.54. The Labute approximate surface area is 116 Å². The zero-order chi connectivity index (χ0) is 13.5.